The number of carbonyl (C=O) groups excluding carboxylic acids is 1. The third-order valence-electron chi connectivity index (χ3n) is 5.50. The van der Waals surface area contributed by atoms with E-state index in [1.165, 1.54) is 27.4 Å². The number of anilines is 1. The molecule has 0 atom stereocenters. The van der Waals surface area contributed by atoms with Crippen LogP contribution in [0.2, 0.25) is 0 Å². The number of rotatable bonds is 8. The minimum absolute atomic E-state index is 0.0612. The zero-order valence-electron chi connectivity index (χ0n) is 18.5. The van der Waals surface area contributed by atoms with Crippen LogP contribution < -0.4 is 29.2 Å². The number of hydrogen-bond donors (Lipinski definition) is 1. The van der Waals surface area contributed by atoms with Crippen LogP contribution in [0.15, 0.2) is 30.3 Å². The minimum atomic E-state index is -0.651. The van der Waals surface area contributed by atoms with Crippen LogP contribution in [0.25, 0.3) is 0 Å². The second kappa shape index (κ2) is 10.1. The van der Waals surface area contributed by atoms with Crippen molar-refractivity contribution in [2.24, 2.45) is 0 Å². The Bertz CT molecular complexity index is 970. The molecule has 1 fully saturated rings. The number of nitrogens with one attached hydrogen (secondary N) is 1. The summed E-state index contributed by atoms with van der Waals surface area (Å²) >= 11 is 0. The highest BCUT2D eigenvalue weighted by atomic mass is 16.6. The van der Waals surface area contributed by atoms with Crippen molar-refractivity contribution in [3.05, 3.63) is 46.0 Å². The molecule has 0 bridgehead atoms. The average Bonchev–Trinajstić information content (AvgIpc) is 2.82. The molecule has 1 saturated heterocycles. The quantitative estimate of drug-likeness (QED) is 0.487. The van der Waals surface area contributed by atoms with E-state index in [2.05, 4.69) is 10.2 Å². The zero-order chi connectivity index (χ0) is 23.3. The molecule has 0 aromatic heterocycles. The molecule has 1 amide bonds. The second-order valence-corrected chi connectivity index (χ2v) is 7.23. The molecule has 0 saturated carbocycles. The van der Waals surface area contributed by atoms with Gasteiger partial charge in [-0.1, -0.05) is 0 Å². The van der Waals surface area contributed by atoms with Crippen LogP contribution in [0.1, 0.15) is 23.2 Å². The Morgan fingerprint density at radius 1 is 1.00 bits per heavy atom. The zero-order valence-corrected chi connectivity index (χ0v) is 18.5. The summed E-state index contributed by atoms with van der Waals surface area (Å²) in [4.78, 5) is 26.3. The molecule has 2 aromatic rings. The summed E-state index contributed by atoms with van der Waals surface area (Å²) in [5, 5.41) is 14.7. The van der Waals surface area contributed by atoms with E-state index in [0.29, 0.717) is 12.8 Å². The summed E-state index contributed by atoms with van der Waals surface area (Å²) < 4.78 is 20.8. The summed E-state index contributed by atoms with van der Waals surface area (Å²) in [7, 11) is 5.64. The van der Waals surface area contributed by atoms with Crippen LogP contribution in [-0.4, -0.2) is 58.4 Å². The van der Waals surface area contributed by atoms with Crippen molar-refractivity contribution < 1.29 is 28.7 Å². The van der Waals surface area contributed by atoms with E-state index >= 15 is 0 Å². The molecule has 3 rings (SSSR count). The fraction of sp³-hybridized carbons (Fsp3) is 0.409. The predicted octanol–water partition coefficient (Wildman–Crippen LogP) is 3.03. The van der Waals surface area contributed by atoms with Gasteiger partial charge in [-0.05, 0) is 37.1 Å². The third-order valence-corrected chi connectivity index (χ3v) is 5.50. The van der Waals surface area contributed by atoms with Gasteiger partial charge in [0, 0.05) is 30.9 Å². The summed E-state index contributed by atoms with van der Waals surface area (Å²) in [6.45, 7) is 1.49. The number of nitrogens with zero attached hydrogens (tertiary/aromatic N) is 2. The van der Waals surface area contributed by atoms with E-state index in [1.54, 1.807) is 7.11 Å². The number of hydrogen-bond acceptors (Lipinski definition) is 8. The van der Waals surface area contributed by atoms with E-state index in [9.17, 15) is 14.9 Å². The molecule has 1 aliphatic heterocycles. The number of benzene rings is 2. The van der Waals surface area contributed by atoms with Gasteiger partial charge in [-0.15, -0.1) is 0 Å². The van der Waals surface area contributed by atoms with Crippen molar-refractivity contribution >= 4 is 17.3 Å². The number of piperidine rings is 1. The standard InChI is InChI=1S/C22H27N3O7/c1-29-16-7-5-15(6-8-16)24-11-9-14(10-12-24)23-22(26)17-13-18(30-2)20(31-3)21(32-4)19(17)25(27)28/h5-8,13-14H,9-12H2,1-4H3,(H,23,26). The van der Waals surface area contributed by atoms with Gasteiger partial charge in [-0.3, -0.25) is 14.9 Å². The van der Waals surface area contributed by atoms with E-state index < -0.39 is 16.5 Å². The van der Waals surface area contributed by atoms with Crippen molar-refractivity contribution in [3.8, 4) is 23.0 Å². The maximum atomic E-state index is 13.0. The normalized spacial score (nSPS) is 13.9. The van der Waals surface area contributed by atoms with Crippen LogP contribution in [-0.2, 0) is 0 Å². The van der Waals surface area contributed by atoms with Gasteiger partial charge >= 0.3 is 5.69 Å². The average molecular weight is 445 g/mol. The molecule has 2 aromatic carbocycles. The Labute approximate surface area is 186 Å². The highest BCUT2D eigenvalue weighted by molar-refractivity contribution is 6.00. The highest BCUT2D eigenvalue weighted by Gasteiger charge is 2.33. The fourth-order valence-corrected chi connectivity index (χ4v) is 3.83. The van der Waals surface area contributed by atoms with Gasteiger partial charge in [0.15, 0.2) is 5.75 Å². The Hall–Kier alpha value is -3.69. The Morgan fingerprint density at radius 3 is 2.12 bits per heavy atom. The highest BCUT2D eigenvalue weighted by Crippen LogP contribution is 2.46. The summed E-state index contributed by atoms with van der Waals surface area (Å²) in [5.41, 5.74) is 0.483. The van der Waals surface area contributed by atoms with Gasteiger partial charge in [0.1, 0.15) is 11.3 Å². The fourth-order valence-electron chi connectivity index (χ4n) is 3.83. The van der Waals surface area contributed by atoms with Crippen molar-refractivity contribution in [2.45, 2.75) is 18.9 Å². The molecule has 0 spiro atoms. The SMILES string of the molecule is COc1ccc(N2CCC(NC(=O)c3cc(OC)c(OC)c(OC)c3[N+](=O)[O-])CC2)cc1. The van der Waals surface area contributed by atoms with E-state index in [4.69, 9.17) is 18.9 Å². The van der Waals surface area contributed by atoms with Crippen molar-refractivity contribution in [2.75, 3.05) is 46.4 Å². The molecule has 0 aliphatic carbocycles. The first kappa shape index (κ1) is 23.0. The van der Waals surface area contributed by atoms with Gasteiger partial charge in [-0.25, -0.2) is 0 Å². The van der Waals surface area contributed by atoms with E-state index in [0.717, 1.165) is 24.5 Å². The van der Waals surface area contributed by atoms with Crippen LogP contribution in [0.4, 0.5) is 11.4 Å². The monoisotopic (exact) mass is 445 g/mol. The maximum absolute atomic E-state index is 13.0. The smallest absolute Gasteiger partial charge is 0.327 e. The molecular formula is C22H27N3O7. The summed E-state index contributed by atoms with van der Waals surface area (Å²) in [6.07, 6.45) is 1.41. The Kier molecular flexibility index (Phi) is 7.24. The lowest BCUT2D eigenvalue weighted by Crippen LogP contribution is -2.44. The summed E-state index contributed by atoms with van der Waals surface area (Å²) in [6, 6.07) is 9.00. The third kappa shape index (κ3) is 4.63. The van der Waals surface area contributed by atoms with Crippen LogP contribution in [0, 0.1) is 10.1 Å². The second-order valence-electron chi connectivity index (χ2n) is 7.23. The lowest BCUT2D eigenvalue weighted by molar-refractivity contribution is -0.386. The van der Waals surface area contributed by atoms with Gasteiger partial charge in [0.25, 0.3) is 5.91 Å². The van der Waals surface area contributed by atoms with E-state index in [-0.39, 0.29) is 28.9 Å². The van der Waals surface area contributed by atoms with Gasteiger partial charge < -0.3 is 29.2 Å². The van der Waals surface area contributed by atoms with Gasteiger partial charge in [0.2, 0.25) is 11.5 Å². The number of amides is 1. The number of carbonyl (C=O) groups is 1. The minimum Gasteiger partial charge on any atom is -0.497 e. The lowest BCUT2D eigenvalue weighted by atomic mass is 10.0. The summed E-state index contributed by atoms with van der Waals surface area (Å²) in [5.74, 6) is 0.318. The molecule has 0 unspecified atom stereocenters. The first-order chi connectivity index (χ1) is 15.4. The molecule has 10 heteroatoms. The number of ether oxygens (including phenoxy) is 4. The Balaban J connectivity index is 1.75. The predicted molar refractivity (Wildman–Crippen MR) is 118 cm³/mol. The number of nitro benzene ring substituents is 1. The topological polar surface area (TPSA) is 112 Å². The van der Waals surface area contributed by atoms with Crippen LogP contribution in [0.5, 0.6) is 23.0 Å². The van der Waals surface area contributed by atoms with E-state index in [1.807, 2.05) is 24.3 Å². The first-order valence-electron chi connectivity index (χ1n) is 10.1. The first-order valence-corrected chi connectivity index (χ1v) is 10.1. The molecule has 1 aliphatic rings. The molecule has 1 N–H and O–H groups in total. The number of methoxy groups -OCH3 is 4. The maximum Gasteiger partial charge on any atom is 0.327 e. The largest absolute Gasteiger partial charge is 0.497 e. The molecule has 172 valence electrons. The molecular weight excluding hydrogens is 418 g/mol. The number of nitro groups is 1. The van der Waals surface area contributed by atoms with Gasteiger partial charge in [-0.2, -0.15) is 0 Å². The van der Waals surface area contributed by atoms with Crippen molar-refractivity contribution in [1.82, 2.24) is 5.32 Å². The molecule has 32 heavy (non-hydrogen) atoms. The lowest BCUT2D eigenvalue weighted by Gasteiger charge is -2.34. The van der Waals surface area contributed by atoms with Crippen LogP contribution >= 0.6 is 0 Å². The molecule has 0 radical (unpaired) electrons. The molecule has 10 nitrogen and oxygen atoms in total. The van der Waals surface area contributed by atoms with Crippen molar-refractivity contribution in [3.63, 3.8) is 0 Å². The van der Waals surface area contributed by atoms with Gasteiger partial charge in [0.05, 0.1) is 33.4 Å². The Morgan fingerprint density at radius 2 is 1.62 bits per heavy atom. The van der Waals surface area contributed by atoms with Crippen molar-refractivity contribution in [1.29, 1.82) is 0 Å². The van der Waals surface area contributed by atoms with Crippen LogP contribution in [0.3, 0.4) is 0 Å². The molecule has 1 heterocycles.